The number of nitrogens with one attached hydrogen (secondary N) is 3. The smallest absolute Gasteiger partial charge is 0.306 e. The number of hydrogen-bond donors (Lipinski definition) is 7. The molecule has 0 fully saturated rings. The van der Waals surface area contributed by atoms with Gasteiger partial charge in [0.05, 0.1) is 39.3 Å². The zero-order valence-corrected chi connectivity index (χ0v) is 30.5. The molecule has 2 atom stereocenters. The lowest BCUT2D eigenvalue weighted by atomic mass is 9.92. The average Bonchev–Trinajstić information content (AvgIpc) is 3.55. The Morgan fingerprint density at radius 2 is 1.41 bits per heavy atom. The van der Waals surface area contributed by atoms with E-state index >= 15 is 0 Å². The third-order valence-corrected chi connectivity index (χ3v) is 9.30. The summed E-state index contributed by atoms with van der Waals surface area (Å²) in [6.07, 6.45) is 2.71. The van der Waals surface area contributed by atoms with Crippen LogP contribution in [0.1, 0.15) is 63.1 Å². The van der Waals surface area contributed by atoms with Crippen LogP contribution in [0.25, 0.3) is 22.8 Å². The van der Waals surface area contributed by atoms with Crippen molar-refractivity contribution in [3.63, 3.8) is 0 Å². The first-order chi connectivity index (χ1) is 26.0. The monoisotopic (exact) mass is 738 g/mol. The molecule has 284 valence electrons. The lowest BCUT2D eigenvalue weighted by Crippen LogP contribution is -2.28. The third-order valence-electron chi connectivity index (χ3n) is 9.30. The van der Waals surface area contributed by atoms with Crippen LogP contribution in [0.2, 0.25) is 0 Å². The summed E-state index contributed by atoms with van der Waals surface area (Å²) in [5.74, 6) is -1.41. The molecule has 4 aromatic rings. The molecule has 1 aliphatic rings. The molecule has 0 spiro atoms. The van der Waals surface area contributed by atoms with Crippen LogP contribution in [-0.4, -0.2) is 82.8 Å². The van der Waals surface area contributed by atoms with E-state index in [2.05, 4.69) is 45.2 Å². The predicted octanol–water partition coefficient (Wildman–Crippen LogP) is 4.66. The highest BCUT2D eigenvalue weighted by Crippen LogP contribution is 2.41. The molecule has 13 nitrogen and oxygen atoms in total. The fourth-order valence-electron chi connectivity index (χ4n) is 6.61. The van der Waals surface area contributed by atoms with Gasteiger partial charge in [0.2, 0.25) is 0 Å². The maximum atomic E-state index is 13.4. The average molecular weight is 739 g/mol. The number of aromatic nitrogens is 1. The fraction of sp³-hybridized carbons (Fsp3) is 0.317. The molecule has 3 aromatic carbocycles. The van der Waals surface area contributed by atoms with E-state index in [9.17, 15) is 24.6 Å². The number of carbonyl (C=O) groups is 3. The van der Waals surface area contributed by atoms with E-state index < -0.39 is 30.1 Å². The zero-order valence-electron chi connectivity index (χ0n) is 30.5. The maximum absolute atomic E-state index is 13.4. The Hall–Kier alpha value is -5.60. The van der Waals surface area contributed by atoms with Gasteiger partial charge in [0.1, 0.15) is 17.2 Å². The van der Waals surface area contributed by atoms with Crippen molar-refractivity contribution in [3.05, 3.63) is 106 Å². The van der Waals surface area contributed by atoms with Gasteiger partial charge in [0, 0.05) is 55.3 Å². The van der Waals surface area contributed by atoms with Gasteiger partial charge in [-0.25, -0.2) is 0 Å². The summed E-state index contributed by atoms with van der Waals surface area (Å²) in [5.41, 5.74) is 9.97. The molecule has 1 aliphatic carbocycles. The van der Waals surface area contributed by atoms with Gasteiger partial charge in [-0.05, 0) is 70.9 Å². The van der Waals surface area contributed by atoms with Gasteiger partial charge in [-0.15, -0.1) is 0 Å². The largest absolute Gasteiger partial charge is 0.496 e. The summed E-state index contributed by atoms with van der Waals surface area (Å²) >= 11 is 0. The highest BCUT2D eigenvalue weighted by molar-refractivity contribution is 6.04. The normalized spacial score (nSPS) is 14.0. The molecule has 5 rings (SSSR count). The van der Waals surface area contributed by atoms with E-state index in [1.54, 1.807) is 13.2 Å². The van der Waals surface area contributed by atoms with Crippen molar-refractivity contribution in [2.24, 2.45) is 0 Å². The summed E-state index contributed by atoms with van der Waals surface area (Å²) in [6, 6.07) is 19.6. The van der Waals surface area contributed by atoms with Crippen LogP contribution >= 0.6 is 0 Å². The molecule has 1 heterocycles. The molecule has 0 saturated heterocycles. The number of hydrogen-bond acceptors (Lipinski definition) is 10. The second-order valence-electron chi connectivity index (χ2n) is 13.2. The van der Waals surface area contributed by atoms with Gasteiger partial charge in [-0.2, -0.15) is 0 Å². The number of carbonyl (C=O) groups excluding carboxylic acids is 1. The Morgan fingerprint density at radius 3 is 2.07 bits per heavy atom. The van der Waals surface area contributed by atoms with Crippen molar-refractivity contribution in [2.45, 2.75) is 57.9 Å². The number of benzene rings is 3. The summed E-state index contributed by atoms with van der Waals surface area (Å²) in [6.45, 7) is 2.89. The topological polar surface area (TPSA) is 200 Å². The number of pyridine rings is 1. The molecule has 13 heteroatoms. The number of methoxy groups -OCH3 is 2. The van der Waals surface area contributed by atoms with Crippen LogP contribution in [0.5, 0.6) is 11.5 Å². The summed E-state index contributed by atoms with van der Waals surface area (Å²) in [7, 11) is 3.10. The van der Waals surface area contributed by atoms with E-state index in [4.69, 9.17) is 19.7 Å². The zero-order chi connectivity index (χ0) is 38.8. The molecule has 0 radical (unpaired) electrons. The van der Waals surface area contributed by atoms with Gasteiger partial charge in [-0.3, -0.25) is 19.4 Å². The molecule has 1 amide bonds. The number of amides is 1. The van der Waals surface area contributed by atoms with Crippen molar-refractivity contribution >= 4 is 35.2 Å². The minimum atomic E-state index is -1.08. The molecule has 0 saturated carbocycles. The third kappa shape index (κ3) is 10.1. The van der Waals surface area contributed by atoms with Crippen LogP contribution in [-0.2, 0) is 29.1 Å². The number of aliphatic hydroxyl groups is 2. The number of fused-ring (bicyclic) bond motifs is 1. The molecule has 7 N–H and O–H groups in total. The molecule has 0 bridgehead atoms. The van der Waals surface area contributed by atoms with E-state index in [-0.39, 0.29) is 38.2 Å². The van der Waals surface area contributed by atoms with Crippen molar-refractivity contribution in [1.82, 2.24) is 15.6 Å². The number of aliphatic hydroxyl groups excluding tert-OH is 2. The van der Waals surface area contributed by atoms with Gasteiger partial charge in [0.25, 0.3) is 5.91 Å². The number of rotatable bonds is 18. The van der Waals surface area contributed by atoms with Crippen LogP contribution < -0.4 is 25.4 Å². The minimum Gasteiger partial charge on any atom is -0.496 e. The second-order valence-corrected chi connectivity index (χ2v) is 13.2. The Labute approximate surface area is 313 Å². The van der Waals surface area contributed by atoms with Gasteiger partial charge in [0.15, 0.2) is 0 Å². The number of nitrogens with zero attached hydrogens (tertiary/aromatic N) is 1. The molecule has 0 unspecified atom stereocenters. The van der Waals surface area contributed by atoms with Crippen LogP contribution in [0.3, 0.4) is 0 Å². The predicted molar refractivity (Wildman–Crippen MR) is 204 cm³/mol. The molecule has 54 heavy (non-hydrogen) atoms. The minimum absolute atomic E-state index is 0.0745. The number of aliphatic carboxylic acids is 2. The van der Waals surface area contributed by atoms with E-state index in [1.807, 2.05) is 43.3 Å². The number of anilines is 1. The van der Waals surface area contributed by atoms with Crippen LogP contribution in [0, 0.1) is 6.92 Å². The SMILES string of the molecule is COc1cc(/C=C2\CCc3c2cccc3-c2cccc(NC(=O)c3cc(OC)c(CNC[C@@H](O)CC(=O)O)cn3)c2C)ccc1CNC[C@@H](O)CC(=O)O. The van der Waals surface area contributed by atoms with Crippen molar-refractivity contribution in [2.75, 3.05) is 32.6 Å². The highest BCUT2D eigenvalue weighted by Gasteiger charge is 2.22. The molecular formula is C41H46N4O9. The second kappa shape index (κ2) is 18.4. The van der Waals surface area contributed by atoms with Gasteiger partial charge >= 0.3 is 11.9 Å². The Morgan fingerprint density at radius 1 is 0.796 bits per heavy atom. The van der Waals surface area contributed by atoms with Gasteiger partial charge in [-0.1, -0.05) is 48.5 Å². The summed E-state index contributed by atoms with van der Waals surface area (Å²) in [5, 5.41) is 46.5. The van der Waals surface area contributed by atoms with E-state index in [0.29, 0.717) is 29.3 Å². The maximum Gasteiger partial charge on any atom is 0.306 e. The first-order valence-corrected chi connectivity index (χ1v) is 17.6. The van der Waals surface area contributed by atoms with Gasteiger partial charge < -0.3 is 45.9 Å². The Bertz CT molecular complexity index is 2030. The van der Waals surface area contributed by atoms with Crippen LogP contribution in [0.15, 0.2) is 66.9 Å². The quantitative estimate of drug-likeness (QED) is 0.0746. The Kier molecular flexibility index (Phi) is 13.5. The van der Waals surface area contributed by atoms with Crippen molar-refractivity contribution in [3.8, 4) is 22.6 Å². The van der Waals surface area contributed by atoms with Crippen molar-refractivity contribution < 1.29 is 44.3 Å². The fourth-order valence-corrected chi connectivity index (χ4v) is 6.61. The molecular weight excluding hydrogens is 692 g/mol. The highest BCUT2D eigenvalue weighted by atomic mass is 16.5. The standard InChI is InChI=1S/C41H46N4O9/c1-24-31(6-5-9-35(24)45-41(52)36-18-38(54-3)28(21-44-36)20-43-23-30(47)17-40(50)51)33-8-4-7-32-26(12-13-34(32)33)14-25-10-11-27(37(15-25)53-2)19-42-22-29(46)16-39(48)49/h4-11,14-15,18,21,29-30,42-43,46-47H,12-13,16-17,19-20,22-23H2,1-3H3,(H,45,52)(H,48,49)(H,50,51)/b26-14+/t29-,30-/m0/s1. The number of carboxylic acid groups (broad SMARTS) is 2. The lowest BCUT2D eigenvalue weighted by molar-refractivity contribution is -0.140. The number of carboxylic acids is 2. The summed E-state index contributed by atoms with van der Waals surface area (Å²) < 4.78 is 11.1. The van der Waals surface area contributed by atoms with E-state index in [1.165, 1.54) is 30.0 Å². The Balaban J connectivity index is 1.29. The summed E-state index contributed by atoms with van der Waals surface area (Å²) in [4.78, 5) is 39.4. The molecule has 0 aliphatic heterocycles. The number of ether oxygens (including phenoxy) is 2. The first kappa shape index (κ1) is 39.6. The number of allylic oxidation sites excluding steroid dienone is 1. The van der Waals surface area contributed by atoms with Crippen LogP contribution in [0.4, 0.5) is 5.69 Å². The van der Waals surface area contributed by atoms with Crippen molar-refractivity contribution in [1.29, 1.82) is 0 Å². The lowest BCUT2D eigenvalue weighted by Gasteiger charge is -2.16. The van der Waals surface area contributed by atoms with E-state index in [0.717, 1.165) is 40.7 Å². The molecule has 1 aromatic heterocycles. The first-order valence-electron chi connectivity index (χ1n) is 17.6.